The summed E-state index contributed by atoms with van der Waals surface area (Å²) in [5.41, 5.74) is 4.15. The van der Waals surface area contributed by atoms with E-state index in [4.69, 9.17) is 4.74 Å². The molecule has 1 aromatic carbocycles. The second kappa shape index (κ2) is 9.75. The highest BCUT2D eigenvalue weighted by Gasteiger charge is 2.10. The standard InChI is InChI=1S/C21H22FN3O/c22-17-26-16-19-7-5-6-18(12-19)13-25(14-20-8-1-3-10-23-20)15-21-9-2-4-11-24-21/h1-12H,13-17H2. The van der Waals surface area contributed by atoms with Crippen LogP contribution >= 0.6 is 0 Å². The molecule has 26 heavy (non-hydrogen) atoms. The minimum Gasteiger partial charge on any atom is -0.346 e. The number of benzene rings is 1. The summed E-state index contributed by atoms with van der Waals surface area (Å²) < 4.78 is 17.1. The maximum absolute atomic E-state index is 12.2. The van der Waals surface area contributed by atoms with Crippen LogP contribution in [0.1, 0.15) is 22.5 Å². The van der Waals surface area contributed by atoms with E-state index in [1.54, 1.807) is 0 Å². The highest BCUT2D eigenvalue weighted by molar-refractivity contribution is 5.23. The SMILES string of the molecule is FCOCc1cccc(CN(Cc2ccccn2)Cc2ccccn2)c1. The van der Waals surface area contributed by atoms with Gasteiger partial charge in [-0.05, 0) is 35.4 Å². The van der Waals surface area contributed by atoms with E-state index in [0.717, 1.165) is 42.1 Å². The van der Waals surface area contributed by atoms with Gasteiger partial charge >= 0.3 is 0 Å². The first-order valence-corrected chi connectivity index (χ1v) is 8.57. The molecule has 0 atom stereocenters. The Bertz CT molecular complexity index is 742. The first-order chi connectivity index (χ1) is 12.8. The van der Waals surface area contributed by atoms with E-state index in [9.17, 15) is 4.39 Å². The fourth-order valence-corrected chi connectivity index (χ4v) is 2.84. The van der Waals surface area contributed by atoms with Gasteiger partial charge in [0.15, 0.2) is 6.86 Å². The van der Waals surface area contributed by atoms with Crippen LogP contribution in [-0.4, -0.2) is 21.7 Å². The minimum absolute atomic E-state index is 0.283. The van der Waals surface area contributed by atoms with Gasteiger partial charge in [0.25, 0.3) is 0 Å². The molecule has 4 nitrogen and oxygen atoms in total. The van der Waals surface area contributed by atoms with Crippen molar-refractivity contribution in [3.05, 3.63) is 95.6 Å². The molecule has 0 aliphatic heterocycles. The Kier molecular flexibility index (Phi) is 6.81. The lowest BCUT2D eigenvalue weighted by Crippen LogP contribution is -2.23. The summed E-state index contributed by atoms with van der Waals surface area (Å²) in [4.78, 5) is 11.2. The predicted octanol–water partition coefficient (Wildman–Crippen LogP) is 4.12. The van der Waals surface area contributed by atoms with Crippen molar-refractivity contribution in [2.24, 2.45) is 0 Å². The lowest BCUT2D eigenvalue weighted by Gasteiger charge is -2.22. The first-order valence-electron chi connectivity index (χ1n) is 8.57. The van der Waals surface area contributed by atoms with Gasteiger partial charge in [0.2, 0.25) is 0 Å². The Morgan fingerprint density at radius 1 is 0.769 bits per heavy atom. The van der Waals surface area contributed by atoms with Crippen molar-refractivity contribution in [1.82, 2.24) is 14.9 Å². The van der Waals surface area contributed by atoms with Crippen LogP contribution in [0.5, 0.6) is 0 Å². The molecule has 134 valence electrons. The Balaban J connectivity index is 1.74. The quantitative estimate of drug-likeness (QED) is 0.581. The maximum atomic E-state index is 12.2. The average Bonchev–Trinajstić information content (AvgIpc) is 2.68. The molecule has 2 heterocycles. The monoisotopic (exact) mass is 351 g/mol. The van der Waals surface area contributed by atoms with Gasteiger partial charge in [-0.2, -0.15) is 0 Å². The molecular formula is C21H22FN3O. The zero-order valence-electron chi connectivity index (χ0n) is 14.6. The summed E-state index contributed by atoms with van der Waals surface area (Å²) in [5, 5.41) is 0. The van der Waals surface area contributed by atoms with E-state index in [1.807, 2.05) is 60.9 Å². The van der Waals surface area contributed by atoms with Crippen LogP contribution in [0.25, 0.3) is 0 Å². The molecule has 0 fully saturated rings. The number of hydrogen-bond donors (Lipinski definition) is 0. The van der Waals surface area contributed by atoms with E-state index in [0.29, 0.717) is 0 Å². The summed E-state index contributed by atoms with van der Waals surface area (Å²) in [7, 11) is 0. The Hall–Kier alpha value is -2.63. The average molecular weight is 351 g/mol. The van der Waals surface area contributed by atoms with E-state index >= 15 is 0 Å². The van der Waals surface area contributed by atoms with E-state index in [1.165, 1.54) is 0 Å². The summed E-state index contributed by atoms with van der Waals surface area (Å²) in [6.45, 7) is 1.71. The summed E-state index contributed by atoms with van der Waals surface area (Å²) in [6.07, 6.45) is 3.62. The lowest BCUT2D eigenvalue weighted by atomic mass is 10.1. The molecule has 0 bridgehead atoms. The number of pyridine rings is 2. The molecule has 0 saturated carbocycles. The highest BCUT2D eigenvalue weighted by atomic mass is 19.1. The third kappa shape index (κ3) is 5.72. The molecule has 0 saturated heterocycles. The van der Waals surface area contributed by atoms with Gasteiger partial charge < -0.3 is 4.74 Å². The van der Waals surface area contributed by atoms with Gasteiger partial charge in [0.05, 0.1) is 18.0 Å². The Morgan fingerprint density at radius 2 is 1.42 bits per heavy atom. The molecule has 0 amide bonds. The Labute approximate surface area is 153 Å². The third-order valence-corrected chi connectivity index (χ3v) is 3.97. The van der Waals surface area contributed by atoms with E-state index in [2.05, 4.69) is 27.0 Å². The molecule has 0 aliphatic rings. The van der Waals surface area contributed by atoms with Crippen LogP contribution in [0.3, 0.4) is 0 Å². The summed E-state index contributed by atoms with van der Waals surface area (Å²) in [5.74, 6) is 0. The molecule has 5 heteroatoms. The van der Waals surface area contributed by atoms with Gasteiger partial charge in [0, 0.05) is 32.0 Å². The fraction of sp³-hybridized carbons (Fsp3) is 0.238. The smallest absolute Gasteiger partial charge is 0.188 e. The van der Waals surface area contributed by atoms with Crippen molar-refractivity contribution >= 4 is 0 Å². The summed E-state index contributed by atoms with van der Waals surface area (Å²) >= 11 is 0. The number of halogens is 1. The zero-order valence-corrected chi connectivity index (χ0v) is 14.6. The number of nitrogens with zero attached hydrogens (tertiary/aromatic N) is 3. The highest BCUT2D eigenvalue weighted by Crippen LogP contribution is 2.14. The van der Waals surface area contributed by atoms with Crippen LogP contribution in [0.15, 0.2) is 73.1 Å². The third-order valence-electron chi connectivity index (χ3n) is 3.97. The lowest BCUT2D eigenvalue weighted by molar-refractivity contribution is 0.0461. The van der Waals surface area contributed by atoms with Crippen LogP contribution in [0.4, 0.5) is 4.39 Å². The maximum Gasteiger partial charge on any atom is 0.188 e. The van der Waals surface area contributed by atoms with Crippen molar-refractivity contribution in [1.29, 1.82) is 0 Å². The topological polar surface area (TPSA) is 38.2 Å². The molecule has 0 unspecified atom stereocenters. The molecule has 0 spiro atoms. The molecule has 0 radical (unpaired) electrons. The van der Waals surface area contributed by atoms with Crippen molar-refractivity contribution in [2.45, 2.75) is 26.2 Å². The van der Waals surface area contributed by atoms with Crippen LogP contribution in [-0.2, 0) is 31.0 Å². The number of rotatable bonds is 9. The second-order valence-electron chi connectivity index (χ2n) is 6.06. The van der Waals surface area contributed by atoms with Crippen LogP contribution in [0, 0.1) is 0 Å². The second-order valence-corrected chi connectivity index (χ2v) is 6.06. The molecule has 3 rings (SSSR count). The van der Waals surface area contributed by atoms with Gasteiger partial charge in [-0.25, -0.2) is 4.39 Å². The molecule has 3 aromatic rings. The largest absolute Gasteiger partial charge is 0.346 e. The first kappa shape index (κ1) is 18.2. The fourth-order valence-electron chi connectivity index (χ4n) is 2.84. The zero-order chi connectivity index (χ0) is 18.0. The number of ether oxygens (including phenoxy) is 1. The van der Waals surface area contributed by atoms with Crippen molar-refractivity contribution < 1.29 is 9.13 Å². The van der Waals surface area contributed by atoms with Crippen LogP contribution in [0.2, 0.25) is 0 Å². The Morgan fingerprint density at radius 3 is 2.00 bits per heavy atom. The summed E-state index contributed by atoms with van der Waals surface area (Å²) in [6, 6.07) is 19.9. The number of hydrogen-bond acceptors (Lipinski definition) is 4. The molecule has 2 aromatic heterocycles. The van der Waals surface area contributed by atoms with Gasteiger partial charge in [-0.3, -0.25) is 14.9 Å². The van der Waals surface area contributed by atoms with Gasteiger partial charge in [0.1, 0.15) is 0 Å². The van der Waals surface area contributed by atoms with Crippen molar-refractivity contribution in [2.75, 3.05) is 6.86 Å². The molecular weight excluding hydrogens is 329 g/mol. The van der Waals surface area contributed by atoms with Crippen LogP contribution < -0.4 is 0 Å². The number of aromatic nitrogens is 2. The number of alkyl halides is 1. The minimum atomic E-state index is -0.768. The molecule has 0 aliphatic carbocycles. The normalized spacial score (nSPS) is 11.0. The van der Waals surface area contributed by atoms with Crippen molar-refractivity contribution in [3.8, 4) is 0 Å². The van der Waals surface area contributed by atoms with Gasteiger partial charge in [-0.1, -0.05) is 36.4 Å². The van der Waals surface area contributed by atoms with Crippen molar-refractivity contribution in [3.63, 3.8) is 0 Å². The predicted molar refractivity (Wildman–Crippen MR) is 98.6 cm³/mol. The van der Waals surface area contributed by atoms with Gasteiger partial charge in [-0.15, -0.1) is 0 Å². The van der Waals surface area contributed by atoms with E-state index in [-0.39, 0.29) is 6.61 Å². The van der Waals surface area contributed by atoms with E-state index < -0.39 is 6.86 Å². The molecule has 0 N–H and O–H groups in total.